The molecule has 0 radical (unpaired) electrons. The van der Waals surface area contributed by atoms with Crippen LogP contribution in [0.2, 0.25) is 0 Å². The molecule has 2 aromatic rings. The number of hydrogen-bond donors (Lipinski definition) is 0. The van der Waals surface area contributed by atoms with Crippen LogP contribution in [-0.2, 0) is 0 Å². The molecule has 2 fully saturated rings. The minimum absolute atomic E-state index is 0.152. The second kappa shape index (κ2) is 9.36. The number of benzene rings is 2. The van der Waals surface area contributed by atoms with Crippen LogP contribution >= 0.6 is 0 Å². The average Bonchev–Trinajstić information content (AvgIpc) is 2.76. The monoisotopic (exact) mass is 398 g/mol. The van der Waals surface area contributed by atoms with Crippen LogP contribution in [0.15, 0.2) is 48.5 Å². The molecule has 0 aromatic heterocycles. The summed E-state index contributed by atoms with van der Waals surface area (Å²) in [6.45, 7) is 6.73. The molecule has 0 N–H and O–H groups in total. The Morgan fingerprint density at radius 2 is 1.03 bits per heavy atom. The molecule has 4 rings (SSSR count). The van der Waals surface area contributed by atoms with E-state index in [0.717, 1.165) is 58.3 Å². The second-order valence-electron chi connectivity index (χ2n) is 8.61. The highest BCUT2D eigenvalue weighted by Gasteiger charge is 2.31. The summed E-state index contributed by atoms with van der Waals surface area (Å²) in [4.78, 5) is 5.30. The smallest absolute Gasteiger partial charge is 0.123 e. The lowest BCUT2D eigenvalue weighted by atomic mass is 9.88. The highest BCUT2D eigenvalue weighted by Crippen LogP contribution is 2.33. The van der Waals surface area contributed by atoms with E-state index in [2.05, 4.69) is 16.7 Å². The quantitative estimate of drug-likeness (QED) is 0.632. The molecule has 0 atom stereocenters. The zero-order valence-corrected chi connectivity index (χ0v) is 17.4. The SMILES string of the molecule is CCC(N1CCC(c2ccc(F)cc2)CC1)N1CCC(c2ccc(F)cc2)CC1. The first-order valence-corrected chi connectivity index (χ1v) is 11.1. The summed E-state index contributed by atoms with van der Waals surface area (Å²) in [7, 11) is 0. The number of halogens is 2. The Balaban J connectivity index is 1.30. The summed E-state index contributed by atoms with van der Waals surface area (Å²) >= 11 is 0. The van der Waals surface area contributed by atoms with E-state index in [1.165, 1.54) is 11.1 Å². The Morgan fingerprint density at radius 1 is 0.690 bits per heavy atom. The van der Waals surface area contributed by atoms with Gasteiger partial charge in [0.1, 0.15) is 11.6 Å². The number of piperidine rings is 2. The normalized spacial score (nSPS) is 20.4. The Kier molecular flexibility index (Phi) is 6.61. The van der Waals surface area contributed by atoms with Crippen LogP contribution in [-0.4, -0.2) is 42.1 Å². The fourth-order valence-electron chi connectivity index (χ4n) is 5.28. The third kappa shape index (κ3) is 4.87. The molecular weight excluding hydrogens is 366 g/mol. The molecule has 29 heavy (non-hydrogen) atoms. The van der Waals surface area contributed by atoms with Gasteiger partial charge in [0.05, 0.1) is 6.17 Å². The molecule has 0 aliphatic carbocycles. The van der Waals surface area contributed by atoms with E-state index >= 15 is 0 Å². The van der Waals surface area contributed by atoms with Crippen LogP contribution in [0.4, 0.5) is 8.78 Å². The molecule has 0 saturated carbocycles. The van der Waals surface area contributed by atoms with Gasteiger partial charge < -0.3 is 0 Å². The molecular formula is C25H32F2N2. The summed E-state index contributed by atoms with van der Waals surface area (Å²) < 4.78 is 26.4. The lowest BCUT2D eigenvalue weighted by Gasteiger charge is -2.45. The fourth-order valence-corrected chi connectivity index (χ4v) is 5.28. The highest BCUT2D eigenvalue weighted by molar-refractivity contribution is 5.22. The minimum atomic E-state index is -0.152. The molecule has 2 aromatic carbocycles. The van der Waals surface area contributed by atoms with Crippen molar-refractivity contribution in [2.45, 2.75) is 57.0 Å². The standard InChI is InChI=1S/C25H32F2N2/c1-2-25(28-15-11-21(12-16-28)19-3-7-23(26)8-4-19)29-17-13-22(14-18-29)20-5-9-24(27)10-6-20/h3-10,21-22,25H,2,11-18H2,1H3. The van der Waals surface area contributed by atoms with E-state index in [4.69, 9.17) is 0 Å². The van der Waals surface area contributed by atoms with Gasteiger partial charge in [-0.3, -0.25) is 9.80 Å². The van der Waals surface area contributed by atoms with Gasteiger partial charge >= 0.3 is 0 Å². The van der Waals surface area contributed by atoms with Crippen molar-refractivity contribution in [3.63, 3.8) is 0 Å². The highest BCUT2D eigenvalue weighted by atomic mass is 19.1. The van der Waals surface area contributed by atoms with Gasteiger partial charge in [0.25, 0.3) is 0 Å². The predicted molar refractivity (Wildman–Crippen MR) is 114 cm³/mol. The van der Waals surface area contributed by atoms with Crippen molar-refractivity contribution >= 4 is 0 Å². The molecule has 2 aliphatic heterocycles. The van der Waals surface area contributed by atoms with Gasteiger partial charge in [0.2, 0.25) is 0 Å². The van der Waals surface area contributed by atoms with Gasteiger partial charge in [-0.15, -0.1) is 0 Å². The zero-order valence-electron chi connectivity index (χ0n) is 17.4. The first-order valence-electron chi connectivity index (χ1n) is 11.1. The Bertz CT molecular complexity index is 693. The summed E-state index contributed by atoms with van der Waals surface area (Å²) in [5, 5.41) is 0. The molecule has 4 heteroatoms. The number of rotatable bonds is 5. The molecule has 2 saturated heterocycles. The van der Waals surface area contributed by atoms with Gasteiger partial charge in [-0.1, -0.05) is 31.2 Å². The van der Waals surface area contributed by atoms with E-state index in [-0.39, 0.29) is 11.6 Å². The summed E-state index contributed by atoms with van der Waals surface area (Å²) in [5.74, 6) is 0.796. The maximum atomic E-state index is 13.2. The summed E-state index contributed by atoms with van der Waals surface area (Å²) in [6.07, 6.45) is 6.24. The zero-order chi connectivity index (χ0) is 20.2. The minimum Gasteiger partial charge on any atom is -0.288 e. The van der Waals surface area contributed by atoms with Crippen LogP contribution in [0.5, 0.6) is 0 Å². The number of hydrogen-bond acceptors (Lipinski definition) is 2. The van der Waals surface area contributed by atoms with Gasteiger partial charge in [0.15, 0.2) is 0 Å². The Labute approximate surface area is 173 Å². The second-order valence-corrected chi connectivity index (χ2v) is 8.61. The van der Waals surface area contributed by atoms with Crippen molar-refractivity contribution in [1.29, 1.82) is 0 Å². The van der Waals surface area contributed by atoms with E-state index < -0.39 is 0 Å². The lowest BCUT2D eigenvalue weighted by Crippen LogP contribution is -2.52. The van der Waals surface area contributed by atoms with Crippen LogP contribution in [0, 0.1) is 11.6 Å². The van der Waals surface area contributed by atoms with Crippen molar-refractivity contribution < 1.29 is 8.78 Å². The molecule has 0 bridgehead atoms. The first-order chi connectivity index (χ1) is 14.1. The molecule has 2 heterocycles. The predicted octanol–water partition coefficient (Wildman–Crippen LogP) is 5.76. The summed E-state index contributed by atoms with van der Waals surface area (Å²) in [6, 6.07) is 14.1. The Hall–Kier alpha value is -1.78. The van der Waals surface area contributed by atoms with Gasteiger partial charge in [0, 0.05) is 26.2 Å². The molecule has 2 aliphatic rings. The van der Waals surface area contributed by atoms with Gasteiger partial charge in [-0.05, 0) is 79.3 Å². The molecule has 0 amide bonds. The largest absolute Gasteiger partial charge is 0.288 e. The van der Waals surface area contributed by atoms with Crippen molar-refractivity contribution in [3.8, 4) is 0 Å². The maximum absolute atomic E-state index is 13.2. The molecule has 0 unspecified atom stereocenters. The van der Waals surface area contributed by atoms with Gasteiger partial charge in [-0.2, -0.15) is 0 Å². The lowest BCUT2D eigenvalue weighted by molar-refractivity contribution is 0.00834. The maximum Gasteiger partial charge on any atom is 0.123 e. The van der Waals surface area contributed by atoms with Crippen LogP contribution < -0.4 is 0 Å². The first kappa shape index (κ1) is 20.5. The topological polar surface area (TPSA) is 6.48 Å². The van der Waals surface area contributed by atoms with Crippen molar-refractivity contribution in [2.75, 3.05) is 26.2 Å². The Morgan fingerprint density at radius 3 is 1.34 bits per heavy atom. The van der Waals surface area contributed by atoms with Gasteiger partial charge in [-0.25, -0.2) is 8.78 Å². The van der Waals surface area contributed by atoms with Crippen LogP contribution in [0.3, 0.4) is 0 Å². The molecule has 2 nitrogen and oxygen atoms in total. The van der Waals surface area contributed by atoms with Crippen molar-refractivity contribution in [3.05, 3.63) is 71.3 Å². The third-order valence-corrected chi connectivity index (χ3v) is 6.95. The van der Waals surface area contributed by atoms with E-state index in [9.17, 15) is 8.78 Å². The molecule has 156 valence electrons. The fraction of sp³-hybridized carbons (Fsp3) is 0.520. The van der Waals surface area contributed by atoms with E-state index in [1.54, 1.807) is 24.3 Å². The summed E-state index contributed by atoms with van der Waals surface area (Å²) in [5.41, 5.74) is 2.55. The molecule has 0 spiro atoms. The van der Waals surface area contributed by atoms with Crippen molar-refractivity contribution in [1.82, 2.24) is 9.80 Å². The van der Waals surface area contributed by atoms with Crippen LogP contribution in [0.25, 0.3) is 0 Å². The number of nitrogens with zero attached hydrogens (tertiary/aromatic N) is 2. The number of likely N-dealkylation sites (tertiary alicyclic amines) is 2. The van der Waals surface area contributed by atoms with E-state index in [0.29, 0.717) is 18.0 Å². The van der Waals surface area contributed by atoms with E-state index in [1.807, 2.05) is 24.3 Å². The van der Waals surface area contributed by atoms with Crippen LogP contribution in [0.1, 0.15) is 62.0 Å². The van der Waals surface area contributed by atoms with Crippen molar-refractivity contribution in [2.24, 2.45) is 0 Å². The third-order valence-electron chi connectivity index (χ3n) is 6.95. The average molecular weight is 399 g/mol.